The number of fused-ring (bicyclic) bond motifs is 3. The minimum atomic E-state index is -1.00. The number of para-hydroxylation sites is 1. The third-order valence-electron chi connectivity index (χ3n) is 3.72. The molecule has 1 aliphatic heterocycles. The average Bonchev–Trinajstić information content (AvgIpc) is 2.82. The monoisotopic (exact) mass is 292 g/mol. The lowest BCUT2D eigenvalue weighted by Crippen LogP contribution is -2.49. The number of amides is 1. The molecule has 0 aliphatic carbocycles. The van der Waals surface area contributed by atoms with Gasteiger partial charge in [0.15, 0.2) is 0 Å². The van der Waals surface area contributed by atoms with Gasteiger partial charge in [0.2, 0.25) is 5.91 Å². The molecule has 1 aliphatic rings. The number of benzene rings is 1. The van der Waals surface area contributed by atoms with E-state index < -0.39 is 12.0 Å². The van der Waals surface area contributed by atoms with Gasteiger partial charge in [-0.3, -0.25) is 4.79 Å². The molecule has 5 nitrogen and oxygen atoms in total. The van der Waals surface area contributed by atoms with Crippen LogP contribution in [0.1, 0.15) is 11.3 Å². The molecular weight excluding hydrogens is 280 g/mol. The first-order chi connectivity index (χ1) is 9.61. The van der Waals surface area contributed by atoms with E-state index in [9.17, 15) is 14.7 Å². The van der Waals surface area contributed by atoms with Gasteiger partial charge in [-0.15, -0.1) is 11.6 Å². The second-order valence-corrected chi connectivity index (χ2v) is 5.11. The summed E-state index contributed by atoms with van der Waals surface area (Å²) in [6.45, 7) is 0.256. The molecule has 0 radical (unpaired) electrons. The lowest BCUT2D eigenvalue weighted by Gasteiger charge is -2.32. The Balaban J connectivity index is 2.08. The fourth-order valence-electron chi connectivity index (χ4n) is 2.77. The number of carbonyl (C=O) groups excluding carboxylic acids is 1. The molecule has 6 heteroatoms. The molecule has 0 spiro atoms. The van der Waals surface area contributed by atoms with E-state index in [-0.39, 0.29) is 18.3 Å². The van der Waals surface area contributed by atoms with Gasteiger partial charge in [-0.05, 0) is 11.6 Å². The first-order valence-electron chi connectivity index (χ1n) is 6.28. The van der Waals surface area contributed by atoms with E-state index in [1.807, 2.05) is 24.3 Å². The van der Waals surface area contributed by atoms with Crippen LogP contribution in [-0.2, 0) is 22.6 Å². The average molecular weight is 293 g/mol. The molecule has 1 unspecified atom stereocenters. The van der Waals surface area contributed by atoms with Crippen molar-refractivity contribution in [3.05, 3.63) is 35.5 Å². The van der Waals surface area contributed by atoms with Crippen molar-refractivity contribution in [3.8, 4) is 0 Å². The second kappa shape index (κ2) is 4.83. The Labute approximate surface area is 120 Å². The number of carboxylic acids is 1. The van der Waals surface area contributed by atoms with Gasteiger partial charge in [0.05, 0.1) is 6.54 Å². The quantitative estimate of drug-likeness (QED) is 0.828. The van der Waals surface area contributed by atoms with Gasteiger partial charge in [0.1, 0.15) is 11.9 Å². The number of nitrogens with one attached hydrogen (secondary N) is 1. The molecule has 2 aromatic rings. The molecular formula is C14H13ClN2O3. The number of aromatic amines is 1. The zero-order chi connectivity index (χ0) is 14.3. The summed E-state index contributed by atoms with van der Waals surface area (Å²) in [5, 5.41) is 10.4. The van der Waals surface area contributed by atoms with Crippen LogP contribution in [0, 0.1) is 0 Å². The van der Waals surface area contributed by atoms with E-state index in [1.54, 1.807) is 0 Å². The molecule has 0 bridgehead atoms. The first-order valence-corrected chi connectivity index (χ1v) is 6.82. The van der Waals surface area contributed by atoms with E-state index in [0.717, 1.165) is 22.2 Å². The Morgan fingerprint density at radius 3 is 2.85 bits per heavy atom. The number of hydrogen-bond acceptors (Lipinski definition) is 2. The SMILES string of the molecule is O=C(O)C1Cc2c([nH]c3ccccc23)CN1C(=O)CCl. The minimum absolute atomic E-state index is 0.209. The topological polar surface area (TPSA) is 73.4 Å². The van der Waals surface area contributed by atoms with E-state index in [0.29, 0.717) is 6.42 Å². The number of alkyl halides is 1. The molecule has 2 heterocycles. The Morgan fingerprint density at radius 1 is 1.40 bits per heavy atom. The van der Waals surface area contributed by atoms with Crippen molar-refractivity contribution in [3.63, 3.8) is 0 Å². The van der Waals surface area contributed by atoms with Crippen molar-refractivity contribution in [2.75, 3.05) is 5.88 Å². The van der Waals surface area contributed by atoms with Gasteiger partial charge in [-0.25, -0.2) is 4.79 Å². The van der Waals surface area contributed by atoms with E-state index in [4.69, 9.17) is 11.6 Å². The third kappa shape index (κ3) is 1.94. The van der Waals surface area contributed by atoms with Crippen LogP contribution < -0.4 is 0 Å². The largest absolute Gasteiger partial charge is 0.480 e. The molecule has 1 amide bonds. The zero-order valence-corrected chi connectivity index (χ0v) is 11.4. The summed E-state index contributed by atoms with van der Waals surface area (Å²) in [7, 11) is 0. The number of aromatic nitrogens is 1. The Bertz CT molecular complexity index is 695. The number of halogens is 1. The van der Waals surface area contributed by atoms with E-state index >= 15 is 0 Å². The Kier molecular flexibility index (Phi) is 3.14. The predicted octanol–water partition coefficient (Wildman–Crippen LogP) is 1.74. The van der Waals surface area contributed by atoms with Crippen molar-refractivity contribution < 1.29 is 14.7 Å². The molecule has 1 aromatic heterocycles. The number of hydrogen-bond donors (Lipinski definition) is 2. The molecule has 104 valence electrons. The summed E-state index contributed by atoms with van der Waals surface area (Å²) >= 11 is 5.57. The summed E-state index contributed by atoms with van der Waals surface area (Å²) in [6.07, 6.45) is 0.303. The normalized spacial score (nSPS) is 18.1. The summed E-state index contributed by atoms with van der Waals surface area (Å²) in [5.74, 6) is -1.57. The maximum Gasteiger partial charge on any atom is 0.326 e. The summed E-state index contributed by atoms with van der Waals surface area (Å²) < 4.78 is 0. The highest BCUT2D eigenvalue weighted by molar-refractivity contribution is 6.27. The van der Waals surface area contributed by atoms with Gasteiger partial charge in [-0.1, -0.05) is 18.2 Å². The van der Waals surface area contributed by atoms with Crippen molar-refractivity contribution >= 4 is 34.4 Å². The van der Waals surface area contributed by atoms with Crippen molar-refractivity contribution in [2.45, 2.75) is 19.0 Å². The standard InChI is InChI=1S/C14H13ClN2O3/c15-6-13(18)17-7-11-9(5-12(17)14(19)20)8-3-1-2-4-10(8)16-11/h1-4,12,16H,5-7H2,(H,19,20). The van der Waals surface area contributed by atoms with Crippen LogP contribution in [0.4, 0.5) is 0 Å². The van der Waals surface area contributed by atoms with Crippen molar-refractivity contribution in [1.82, 2.24) is 9.88 Å². The highest BCUT2D eigenvalue weighted by Crippen LogP contribution is 2.30. The third-order valence-corrected chi connectivity index (χ3v) is 3.95. The molecule has 1 aromatic carbocycles. The van der Waals surface area contributed by atoms with Crippen LogP contribution in [-0.4, -0.2) is 38.8 Å². The molecule has 3 rings (SSSR count). The van der Waals surface area contributed by atoms with Gasteiger partial charge in [0, 0.05) is 23.0 Å². The van der Waals surface area contributed by atoms with Crippen LogP contribution in [0.3, 0.4) is 0 Å². The maximum atomic E-state index is 11.8. The first kappa shape index (κ1) is 13.0. The predicted molar refractivity (Wildman–Crippen MR) is 74.7 cm³/mol. The maximum absolute atomic E-state index is 11.8. The minimum Gasteiger partial charge on any atom is -0.480 e. The van der Waals surface area contributed by atoms with Crippen molar-refractivity contribution in [1.29, 1.82) is 0 Å². The van der Waals surface area contributed by atoms with Crippen LogP contribution >= 0.6 is 11.6 Å². The molecule has 0 saturated carbocycles. The fourth-order valence-corrected chi connectivity index (χ4v) is 2.92. The van der Waals surface area contributed by atoms with Crippen LogP contribution in [0.25, 0.3) is 10.9 Å². The summed E-state index contributed by atoms with van der Waals surface area (Å²) in [6, 6.07) is 6.89. The van der Waals surface area contributed by atoms with Gasteiger partial charge in [-0.2, -0.15) is 0 Å². The fraction of sp³-hybridized carbons (Fsp3) is 0.286. The lowest BCUT2D eigenvalue weighted by molar-refractivity contribution is -0.150. The Morgan fingerprint density at radius 2 is 2.15 bits per heavy atom. The highest BCUT2D eigenvalue weighted by atomic mass is 35.5. The number of carbonyl (C=O) groups is 2. The number of rotatable bonds is 2. The molecule has 1 atom stereocenters. The molecule has 0 saturated heterocycles. The number of nitrogens with zero attached hydrogens (tertiary/aromatic N) is 1. The van der Waals surface area contributed by atoms with Gasteiger partial charge in [0.25, 0.3) is 0 Å². The zero-order valence-electron chi connectivity index (χ0n) is 10.6. The number of carboxylic acid groups (broad SMARTS) is 1. The number of H-pyrrole nitrogens is 1. The molecule has 2 N–H and O–H groups in total. The van der Waals surface area contributed by atoms with Gasteiger partial charge >= 0.3 is 5.97 Å². The van der Waals surface area contributed by atoms with Crippen LogP contribution in [0.5, 0.6) is 0 Å². The summed E-state index contributed by atoms with van der Waals surface area (Å²) in [4.78, 5) is 27.8. The van der Waals surface area contributed by atoms with E-state index in [2.05, 4.69) is 4.98 Å². The lowest BCUT2D eigenvalue weighted by atomic mass is 9.96. The summed E-state index contributed by atoms with van der Waals surface area (Å²) in [5.41, 5.74) is 2.83. The van der Waals surface area contributed by atoms with Crippen molar-refractivity contribution in [2.24, 2.45) is 0 Å². The molecule has 20 heavy (non-hydrogen) atoms. The second-order valence-electron chi connectivity index (χ2n) is 4.84. The highest BCUT2D eigenvalue weighted by Gasteiger charge is 2.35. The smallest absolute Gasteiger partial charge is 0.326 e. The van der Waals surface area contributed by atoms with E-state index in [1.165, 1.54) is 4.90 Å². The molecule has 0 fully saturated rings. The van der Waals surface area contributed by atoms with Gasteiger partial charge < -0.3 is 15.0 Å². The van der Waals surface area contributed by atoms with Crippen LogP contribution in [0.15, 0.2) is 24.3 Å². The number of aliphatic carboxylic acids is 1. The Hall–Kier alpha value is -2.01. The van der Waals surface area contributed by atoms with Crippen LogP contribution in [0.2, 0.25) is 0 Å².